The molecule has 1 aliphatic heterocycles. The van der Waals surface area contributed by atoms with Gasteiger partial charge in [0.2, 0.25) is 0 Å². The summed E-state index contributed by atoms with van der Waals surface area (Å²) in [6, 6.07) is 21.8. The van der Waals surface area contributed by atoms with E-state index in [1.54, 1.807) is 0 Å². The van der Waals surface area contributed by atoms with Gasteiger partial charge >= 0.3 is 0 Å². The van der Waals surface area contributed by atoms with Crippen molar-refractivity contribution in [1.29, 1.82) is 0 Å². The number of carbonyl (C=O) groups excluding carboxylic acids is 1. The Morgan fingerprint density at radius 1 is 1.04 bits per heavy atom. The summed E-state index contributed by atoms with van der Waals surface area (Å²) >= 11 is 0. The van der Waals surface area contributed by atoms with Crippen LogP contribution in [-0.4, -0.2) is 18.6 Å². The highest BCUT2D eigenvalue weighted by molar-refractivity contribution is 6.05. The van der Waals surface area contributed by atoms with Crippen LogP contribution in [0, 0.1) is 0 Å². The molecule has 0 radical (unpaired) electrons. The molecule has 0 unspecified atom stereocenters. The third-order valence-corrected chi connectivity index (χ3v) is 5.19. The quantitative estimate of drug-likeness (QED) is 0.521. The lowest BCUT2D eigenvalue weighted by molar-refractivity contribution is -0.120. The molecule has 27 heavy (non-hydrogen) atoms. The molecule has 0 saturated heterocycles. The lowest BCUT2D eigenvalue weighted by Crippen LogP contribution is -2.39. The molecule has 0 fully saturated rings. The minimum Gasteiger partial charge on any atom is -0.484 e. The van der Waals surface area contributed by atoms with Crippen molar-refractivity contribution in [3.8, 4) is 5.75 Å². The number of para-hydroxylation sites is 2. The van der Waals surface area contributed by atoms with Crippen molar-refractivity contribution >= 4 is 33.5 Å². The van der Waals surface area contributed by atoms with E-state index in [-0.39, 0.29) is 18.6 Å². The molecule has 134 valence electrons. The summed E-state index contributed by atoms with van der Waals surface area (Å²) in [4.78, 5) is 14.6. The molecule has 4 heteroatoms. The van der Waals surface area contributed by atoms with Gasteiger partial charge in [0.05, 0.1) is 0 Å². The molecule has 0 spiro atoms. The fraction of sp³-hybridized carbons (Fsp3) is 0.174. The van der Waals surface area contributed by atoms with Gasteiger partial charge in [0.15, 0.2) is 6.61 Å². The number of anilines is 1. The van der Waals surface area contributed by atoms with E-state index in [9.17, 15) is 4.79 Å². The molecule has 4 aromatic rings. The SMILES string of the molecule is C[C@H]1Cc2ccccc2N1C(=O)COc1ccc2oc3ccccc3c2c1. The van der Waals surface area contributed by atoms with Crippen molar-refractivity contribution in [2.24, 2.45) is 0 Å². The van der Waals surface area contributed by atoms with Crippen LogP contribution in [0.4, 0.5) is 5.69 Å². The maximum absolute atomic E-state index is 12.8. The van der Waals surface area contributed by atoms with Crippen LogP contribution in [0.3, 0.4) is 0 Å². The largest absolute Gasteiger partial charge is 0.484 e. The van der Waals surface area contributed by atoms with Gasteiger partial charge in [0.25, 0.3) is 5.91 Å². The van der Waals surface area contributed by atoms with Crippen LogP contribution in [0.25, 0.3) is 21.9 Å². The van der Waals surface area contributed by atoms with Crippen LogP contribution >= 0.6 is 0 Å². The van der Waals surface area contributed by atoms with Crippen LogP contribution in [0.15, 0.2) is 71.1 Å². The first-order valence-electron chi connectivity index (χ1n) is 9.15. The molecule has 0 saturated carbocycles. The van der Waals surface area contributed by atoms with Gasteiger partial charge in [-0.2, -0.15) is 0 Å². The van der Waals surface area contributed by atoms with Crippen molar-refractivity contribution < 1.29 is 13.9 Å². The number of hydrogen-bond donors (Lipinski definition) is 0. The summed E-state index contributed by atoms with van der Waals surface area (Å²) in [5.74, 6) is 0.645. The van der Waals surface area contributed by atoms with Crippen molar-refractivity contribution in [3.63, 3.8) is 0 Å². The second-order valence-corrected chi connectivity index (χ2v) is 6.99. The van der Waals surface area contributed by atoms with Crippen LogP contribution in [-0.2, 0) is 11.2 Å². The van der Waals surface area contributed by atoms with E-state index in [2.05, 4.69) is 13.0 Å². The van der Waals surface area contributed by atoms with Crippen molar-refractivity contribution in [2.75, 3.05) is 11.5 Å². The van der Waals surface area contributed by atoms with Crippen molar-refractivity contribution in [3.05, 3.63) is 72.3 Å². The van der Waals surface area contributed by atoms with E-state index in [0.29, 0.717) is 5.75 Å². The Balaban J connectivity index is 1.38. The monoisotopic (exact) mass is 357 g/mol. The molecule has 1 amide bonds. The van der Waals surface area contributed by atoms with Crippen LogP contribution in [0.1, 0.15) is 12.5 Å². The fourth-order valence-electron chi connectivity index (χ4n) is 3.96. The Hall–Kier alpha value is -3.27. The molecule has 1 atom stereocenters. The van der Waals surface area contributed by atoms with Crippen LogP contribution < -0.4 is 9.64 Å². The van der Waals surface area contributed by atoms with Gasteiger partial charge in [0, 0.05) is 22.5 Å². The Morgan fingerprint density at radius 3 is 2.74 bits per heavy atom. The lowest BCUT2D eigenvalue weighted by atomic mass is 10.1. The first-order chi connectivity index (χ1) is 13.2. The first kappa shape index (κ1) is 15.9. The van der Waals surface area contributed by atoms with Gasteiger partial charge in [-0.25, -0.2) is 0 Å². The van der Waals surface area contributed by atoms with E-state index in [1.165, 1.54) is 5.56 Å². The molecular formula is C23H19NO3. The number of hydrogen-bond acceptors (Lipinski definition) is 3. The number of carbonyl (C=O) groups is 1. The minimum absolute atomic E-state index is 0.0139. The molecule has 4 nitrogen and oxygen atoms in total. The van der Waals surface area contributed by atoms with Gasteiger partial charge in [-0.15, -0.1) is 0 Å². The Bertz CT molecular complexity index is 1160. The van der Waals surface area contributed by atoms with E-state index >= 15 is 0 Å². The predicted octanol–water partition coefficient (Wildman–Crippen LogP) is 4.94. The summed E-state index contributed by atoms with van der Waals surface area (Å²) < 4.78 is 11.7. The molecule has 3 aromatic carbocycles. The average molecular weight is 357 g/mol. The maximum Gasteiger partial charge on any atom is 0.265 e. The summed E-state index contributed by atoms with van der Waals surface area (Å²) in [5.41, 5.74) is 3.87. The zero-order valence-corrected chi connectivity index (χ0v) is 15.0. The number of fused-ring (bicyclic) bond motifs is 4. The highest BCUT2D eigenvalue weighted by Gasteiger charge is 2.30. The van der Waals surface area contributed by atoms with Crippen LogP contribution in [0.5, 0.6) is 5.75 Å². The summed E-state index contributed by atoms with van der Waals surface area (Å²) in [5, 5.41) is 2.04. The molecule has 0 aliphatic carbocycles. The van der Waals surface area contributed by atoms with Crippen LogP contribution in [0.2, 0.25) is 0 Å². The summed E-state index contributed by atoms with van der Waals surface area (Å²) in [6.45, 7) is 2.08. The Kier molecular flexibility index (Phi) is 3.64. The molecule has 2 heterocycles. The number of ether oxygens (including phenoxy) is 1. The number of amides is 1. The van der Waals surface area contributed by atoms with Gasteiger partial charge in [0.1, 0.15) is 16.9 Å². The third kappa shape index (κ3) is 2.65. The van der Waals surface area contributed by atoms with E-state index < -0.39 is 0 Å². The highest BCUT2D eigenvalue weighted by atomic mass is 16.5. The molecule has 1 aromatic heterocycles. The van der Waals surface area contributed by atoms with Gasteiger partial charge in [-0.1, -0.05) is 36.4 Å². The van der Waals surface area contributed by atoms with E-state index in [1.807, 2.05) is 65.6 Å². The van der Waals surface area contributed by atoms with Crippen molar-refractivity contribution in [2.45, 2.75) is 19.4 Å². The topological polar surface area (TPSA) is 42.7 Å². The van der Waals surface area contributed by atoms with E-state index in [4.69, 9.17) is 9.15 Å². The normalized spacial score (nSPS) is 16.0. The Morgan fingerprint density at radius 2 is 1.81 bits per heavy atom. The van der Waals surface area contributed by atoms with E-state index in [0.717, 1.165) is 34.0 Å². The Labute approximate surface area is 156 Å². The lowest BCUT2D eigenvalue weighted by Gasteiger charge is -2.22. The molecule has 0 bridgehead atoms. The maximum atomic E-state index is 12.8. The highest BCUT2D eigenvalue weighted by Crippen LogP contribution is 2.33. The molecule has 5 rings (SSSR count). The fourth-order valence-corrected chi connectivity index (χ4v) is 3.96. The number of benzene rings is 3. The van der Waals surface area contributed by atoms with Crippen molar-refractivity contribution in [1.82, 2.24) is 0 Å². The zero-order valence-electron chi connectivity index (χ0n) is 15.0. The number of rotatable bonds is 3. The zero-order chi connectivity index (χ0) is 18.4. The van der Waals surface area contributed by atoms with Gasteiger partial charge in [-0.3, -0.25) is 4.79 Å². The second kappa shape index (κ2) is 6.16. The number of nitrogens with zero attached hydrogens (tertiary/aromatic N) is 1. The molecule has 1 aliphatic rings. The second-order valence-electron chi connectivity index (χ2n) is 6.99. The van der Waals surface area contributed by atoms with Gasteiger partial charge < -0.3 is 14.1 Å². The first-order valence-corrected chi connectivity index (χ1v) is 9.15. The molecular weight excluding hydrogens is 338 g/mol. The summed E-state index contributed by atoms with van der Waals surface area (Å²) in [6.07, 6.45) is 0.884. The number of furan rings is 1. The standard InChI is InChI=1S/C23H19NO3/c1-15-12-16-6-2-4-8-20(16)24(15)23(25)14-26-17-10-11-22-19(13-17)18-7-3-5-9-21(18)27-22/h2-11,13,15H,12,14H2,1H3/t15-/m0/s1. The molecule has 0 N–H and O–H groups in total. The minimum atomic E-state index is -0.0235. The summed E-state index contributed by atoms with van der Waals surface area (Å²) in [7, 11) is 0. The average Bonchev–Trinajstić information content (AvgIpc) is 3.22. The van der Waals surface area contributed by atoms with Gasteiger partial charge in [-0.05, 0) is 49.2 Å². The third-order valence-electron chi connectivity index (χ3n) is 5.19. The smallest absolute Gasteiger partial charge is 0.265 e. The predicted molar refractivity (Wildman–Crippen MR) is 106 cm³/mol.